The van der Waals surface area contributed by atoms with Crippen LogP contribution in [-0.4, -0.2) is 33.3 Å². The molecule has 3 rings (SSSR count). The van der Waals surface area contributed by atoms with E-state index in [1.54, 1.807) is 6.07 Å². The summed E-state index contributed by atoms with van der Waals surface area (Å²) in [5.41, 5.74) is 1.56. The largest absolute Gasteiger partial charge is 0.481 e. The number of rotatable bonds is 9. The molecule has 0 bridgehead atoms. The zero-order valence-electron chi connectivity index (χ0n) is 15.3. The molecule has 2 aromatic carbocycles. The molecule has 0 aliphatic carbocycles. The van der Waals surface area contributed by atoms with Crippen LogP contribution in [0.5, 0.6) is 0 Å². The van der Waals surface area contributed by atoms with Gasteiger partial charge in [-0.15, -0.1) is 0 Å². The third kappa shape index (κ3) is 5.16. The van der Waals surface area contributed by atoms with Gasteiger partial charge in [-0.05, 0) is 30.2 Å². The van der Waals surface area contributed by atoms with E-state index in [1.807, 2.05) is 35.1 Å². The Labute approximate surface area is 162 Å². The van der Waals surface area contributed by atoms with Gasteiger partial charge in [-0.1, -0.05) is 30.3 Å². The van der Waals surface area contributed by atoms with Crippen LogP contribution in [-0.2, 0) is 16.1 Å². The van der Waals surface area contributed by atoms with Crippen LogP contribution in [0.3, 0.4) is 0 Å². The van der Waals surface area contributed by atoms with Gasteiger partial charge in [0.1, 0.15) is 5.82 Å². The zero-order chi connectivity index (χ0) is 19.9. The summed E-state index contributed by atoms with van der Waals surface area (Å²) in [4.78, 5) is 23.4. The van der Waals surface area contributed by atoms with E-state index in [2.05, 4.69) is 10.4 Å². The number of halogens is 1. The Morgan fingerprint density at radius 3 is 2.75 bits per heavy atom. The summed E-state index contributed by atoms with van der Waals surface area (Å²) < 4.78 is 15.3. The minimum absolute atomic E-state index is 0.000450. The van der Waals surface area contributed by atoms with Crippen LogP contribution in [0.15, 0.2) is 54.7 Å². The Kier molecular flexibility index (Phi) is 6.37. The van der Waals surface area contributed by atoms with Crippen LogP contribution in [0.1, 0.15) is 30.7 Å². The van der Waals surface area contributed by atoms with Crippen LogP contribution in [0, 0.1) is 5.82 Å². The molecule has 3 aromatic rings. The number of carboxylic acid groups (broad SMARTS) is 1. The molecule has 0 aliphatic rings. The van der Waals surface area contributed by atoms with Gasteiger partial charge in [0, 0.05) is 30.8 Å². The van der Waals surface area contributed by atoms with E-state index in [4.69, 9.17) is 5.11 Å². The van der Waals surface area contributed by atoms with Gasteiger partial charge < -0.3 is 10.4 Å². The molecule has 0 saturated carbocycles. The highest BCUT2D eigenvalue weighted by Gasteiger charge is 2.19. The zero-order valence-corrected chi connectivity index (χ0v) is 15.3. The number of carboxylic acids is 1. The van der Waals surface area contributed by atoms with Crippen LogP contribution in [0.4, 0.5) is 4.39 Å². The summed E-state index contributed by atoms with van der Waals surface area (Å²) in [6.45, 7) is 1.12. The maximum Gasteiger partial charge on any atom is 0.303 e. The van der Waals surface area contributed by atoms with Crippen molar-refractivity contribution in [2.75, 3.05) is 6.54 Å². The highest BCUT2D eigenvalue weighted by Crippen LogP contribution is 2.24. The molecule has 6 nitrogen and oxygen atoms in total. The van der Waals surface area contributed by atoms with Gasteiger partial charge in [-0.25, -0.2) is 4.39 Å². The van der Waals surface area contributed by atoms with Crippen LogP contribution < -0.4 is 5.32 Å². The van der Waals surface area contributed by atoms with E-state index in [-0.39, 0.29) is 18.7 Å². The highest BCUT2D eigenvalue weighted by atomic mass is 19.1. The fourth-order valence-corrected chi connectivity index (χ4v) is 3.24. The first-order valence-corrected chi connectivity index (χ1v) is 9.17. The average Bonchev–Trinajstić information content (AvgIpc) is 3.07. The van der Waals surface area contributed by atoms with Gasteiger partial charge in [0.25, 0.3) is 0 Å². The number of amides is 1. The molecule has 7 heteroatoms. The molecule has 28 heavy (non-hydrogen) atoms. The molecule has 1 amide bonds. The summed E-state index contributed by atoms with van der Waals surface area (Å²) in [5, 5.41) is 17.3. The second-order valence-electron chi connectivity index (χ2n) is 6.68. The van der Waals surface area contributed by atoms with Gasteiger partial charge in [0.2, 0.25) is 5.91 Å². The standard InChI is InChI=1S/C21H22FN3O3/c22-18-7-3-6-15(11-18)17(13-21(27)28)12-20(26)23-9-4-10-25-19-8-2-1-5-16(19)14-24-25/h1-3,5-8,11,14,17H,4,9-10,12-13H2,(H,23,26)(H,27,28). The van der Waals surface area contributed by atoms with E-state index in [0.717, 1.165) is 10.9 Å². The molecule has 1 atom stereocenters. The minimum Gasteiger partial charge on any atom is -0.481 e. The van der Waals surface area contributed by atoms with Crippen molar-refractivity contribution in [1.29, 1.82) is 0 Å². The third-order valence-electron chi connectivity index (χ3n) is 4.59. The number of nitrogens with one attached hydrogen (secondary N) is 1. The lowest BCUT2D eigenvalue weighted by Crippen LogP contribution is -2.27. The Hall–Kier alpha value is -3.22. The molecule has 1 heterocycles. The Morgan fingerprint density at radius 1 is 1.14 bits per heavy atom. The van der Waals surface area contributed by atoms with Crippen molar-refractivity contribution in [2.45, 2.75) is 31.7 Å². The monoisotopic (exact) mass is 383 g/mol. The summed E-state index contributed by atoms with van der Waals surface area (Å²) in [5.74, 6) is -2.28. The molecular formula is C21H22FN3O3. The molecular weight excluding hydrogens is 361 g/mol. The smallest absolute Gasteiger partial charge is 0.303 e. The van der Waals surface area contributed by atoms with Crippen molar-refractivity contribution < 1.29 is 19.1 Å². The molecule has 0 fully saturated rings. The Balaban J connectivity index is 1.51. The van der Waals surface area contributed by atoms with Gasteiger partial charge in [-0.3, -0.25) is 14.3 Å². The normalized spacial score (nSPS) is 12.0. The number of aryl methyl sites for hydroxylation is 1. The van der Waals surface area contributed by atoms with Gasteiger partial charge in [0.15, 0.2) is 0 Å². The molecule has 1 aromatic heterocycles. The summed E-state index contributed by atoms with van der Waals surface area (Å²) >= 11 is 0. The lowest BCUT2D eigenvalue weighted by molar-refractivity contribution is -0.137. The molecule has 1 unspecified atom stereocenters. The van der Waals surface area contributed by atoms with E-state index in [0.29, 0.717) is 25.1 Å². The first kappa shape index (κ1) is 19.5. The SMILES string of the molecule is O=C(O)CC(CC(=O)NCCCn1ncc2ccccc21)c1cccc(F)c1. The molecule has 146 valence electrons. The maximum absolute atomic E-state index is 13.4. The summed E-state index contributed by atoms with van der Waals surface area (Å²) in [6.07, 6.45) is 2.28. The lowest BCUT2D eigenvalue weighted by Gasteiger charge is -2.15. The number of carbonyl (C=O) groups is 2. The van der Waals surface area contributed by atoms with Crippen LogP contribution in [0.2, 0.25) is 0 Å². The van der Waals surface area contributed by atoms with Crippen molar-refractivity contribution >= 4 is 22.8 Å². The number of hydrogen-bond acceptors (Lipinski definition) is 3. The molecule has 0 aliphatic heterocycles. The maximum atomic E-state index is 13.4. The fourth-order valence-electron chi connectivity index (χ4n) is 3.24. The number of carbonyl (C=O) groups excluding carboxylic acids is 1. The van der Waals surface area contributed by atoms with Gasteiger partial charge >= 0.3 is 5.97 Å². The summed E-state index contributed by atoms with van der Waals surface area (Å²) in [7, 11) is 0. The first-order chi connectivity index (χ1) is 13.5. The predicted octanol–water partition coefficient (Wildman–Crippen LogP) is 3.33. The molecule has 0 saturated heterocycles. The Bertz CT molecular complexity index is 970. The number of benzene rings is 2. The quantitative estimate of drug-likeness (QED) is 0.555. The van der Waals surface area contributed by atoms with E-state index in [9.17, 15) is 14.0 Å². The first-order valence-electron chi connectivity index (χ1n) is 9.17. The van der Waals surface area contributed by atoms with E-state index >= 15 is 0 Å². The number of fused-ring (bicyclic) bond motifs is 1. The number of hydrogen-bond donors (Lipinski definition) is 2. The van der Waals surface area contributed by atoms with Crippen LogP contribution >= 0.6 is 0 Å². The number of para-hydroxylation sites is 1. The van der Waals surface area contributed by atoms with Crippen molar-refractivity contribution in [3.63, 3.8) is 0 Å². The van der Waals surface area contributed by atoms with Crippen molar-refractivity contribution in [3.8, 4) is 0 Å². The number of aromatic nitrogens is 2. The second-order valence-corrected chi connectivity index (χ2v) is 6.68. The molecule has 0 spiro atoms. The minimum atomic E-state index is -1.02. The number of nitrogens with zero attached hydrogens (tertiary/aromatic N) is 2. The summed E-state index contributed by atoms with van der Waals surface area (Å²) in [6, 6.07) is 13.6. The lowest BCUT2D eigenvalue weighted by atomic mass is 9.92. The Morgan fingerprint density at radius 2 is 1.96 bits per heavy atom. The van der Waals surface area contributed by atoms with E-state index in [1.165, 1.54) is 18.2 Å². The highest BCUT2D eigenvalue weighted by molar-refractivity contribution is 5.79. The van der Waals surface area contributed by atoms with Gasteiger partial charge in [-0.2, -0.15) is 5.10 Å². The second kappa shape index (κ2) is 9.12. The predicted molar refractivity (Wildman–Crippen MR) is 103 cm³/mol. The van der Waals surface area contributed by atoms with Crippen molar-refractivity contribution in [2.24, 2.45) is 0 Å². The number of aliphatic carboxylic acids is 1. The molecule has 0 radical (unpaired) electrons. The van der Waals surface area contributed by atoms with Crippen molar-refractivity contribution in [1.82, 2.24) is 15.1 Å². The topological polar surface area (TPSA) is 84.2 Å². The van der Waals surface area contributed by atoms with Crippen LogP contribution in [0.25, 0.3) is 10.9 Å². The third-order valence-corrected chi connectivity index (χ3v) is 4.59. The van der Waals surface area contributed by atoms with Crippen molar-refractivity contribution in [3.05, 3.63) is 66.1 Å². The molecule has 2 N–H and O–H groups in total. The van der Waals surface area contributed by atoms with Gasteiger partial charge in [0.05, 0.1) is 18.1 Å². The fraction of sp³-hybridized carbons (Fsp3) is 0.286. The average molecular weight is 383 g/mol. The van der Waals surface area contributed by atoms with E-state index < -0.39 is 17.7 Å².